The normalized spacial score (nSPS) is 16.4. The number of amides is 1. The van der Waals surface area contributed by atoms with Gasteiger partial charge in [-0.05, 0) is 73.7 Å². The lowest BCUT2D eigenvalue weighted by molar-refractivity contribution is 0.0877. The Bertz CT molecular complexity index is 1160. The van der Waals surface area contributed by atoms with Gasteiger partial charge in [-0.25, -0.2) is 0 Å². The summed E-state index contributed by atoms with van der Waals surface area (Å²) in [7, 11) is 3.33. The van der Waals surface area contributed by atoms with Crippen molar-refractivity contribution in [3.05, 3.63) is 94.0 Å². The Morgan fingerprint density at radius 1 is 1.03 bits per heavy atom. The molecular formula is C29H34N2O3. The molecule has 0 saturated heterocycles. The van der Waals surface area contributed by atoms with E-state index in [1.807, 2.05) is 31.2 Å². The van der Waals surface area contributed by atoms with Crippen LogP contribution in [0.1, 0.15) is 51.1 Å². The summed E-state index contributed by atoms with van der Waals surface area (Å²) in [6.07, 6.45) is 0.913. The topological polar surface area (TPSA) is 50.8 Å². The summed E-state index contributed by atoms with van der Waals surface area (Å²) in [6, 6.07) is 20.2. The summed E-state index contributed by atoms with van der Waals surface area (Å²) < 4.78 is 11.2. The van der Waals surface area contributed by atoms with Crippen LogP contribution in [0.5, 0.6) is 11.5 Å². The minimum atomic E-state index is -0.116. The van der Waals surface area contributed by atoms with Crippen LogP contribution in [0, 0.1) is 13.8 Å². The van der Waals surface area contributed by atoms with Crippen molar-refractivity contribution < 1.29 is 14.3 Å². The number of hydrogen-bond donors (Lipinski definition) is 1. The zero-order valence-corrected chi connectivity index (χ0v) is 20.7. The number of hydrogen-bond acceptors (Lipinski definition) is 4. The third-order valence-electron chi connectivity index (χ3n) is 6.81. The predicted molar refractivity (Wildman–Crippen MR) is 136 cm³/mol. The Kier molecular flexibility index (Phi) is 7.23. The fraction of sp³-hybridized carbons (Fsp3) is 0.345. The monoisotopic (exact) mass is 458 g/mol. The molecule has 1 amide bonds. The van der Waals surface area contributed by atoms with E-state index in [4.69, 9.17) is 9.47 Å². The summed E-state index contributed by atoms with van der Waals surface area (Å²) in [5, 5.41) is 3.27. The van der Waals surface area contributed by atoms with E-state index in [0.29, 0.717) is 11.3 Å². The third-order valence-corrected chi connectivity index (χ3v) is 6.81. The molecule has 3 aromatic carbocycles. The van der Waals surface area contributed by atoms with Gasteiger partial charge in [0.05, 0.1) is 20.3 Å². The molecule has 0 aromatic heterocycles. The van der Waals surface area contributed by atoms with Crippen LogP contribution in [0.4, 0.5) is 0 Å². The molecule has 34 heavy (non-hydrogen) atoms. The molecule has 178 valence electrons. The van der Waals surface area contributed by atoms with Crippen LogP contribution in [0.2, 0.25) is 0 Å². The van der Waals surface area contributed by atoms with Crippen LogP contribution in [0.3, 0.4) is 0 Å². The summed E-state index contributed by atoms with van der Waals surface area (Å²) in [5.41, 5.74) is 6.79. The van der Waals surface area contributed by atoms with E-state index in [9.17, 15) is 4.79 Å². The zero-order valence-electron chi connectivity index (χ0n) is 20.7. The molecule has 1 N–H and O–H groups in total. The van der Waals surface area contributed by atoms with Gasteiger partial charge in [0, 0.05) is 24.7 Å². The predicted octanol–water partition coefficient (Wildman–Crippen LogP) is 5.24. The number of methoxy groups -OCH3 is 2. The van der Waals surface area contributed by atoms with Gasteiger partial charge in [0.2, 0.25) is 0 Å². The first-order valence-electron chi connectivity index (χ1n) is 11.8. The average Bonchev–Trinajstić information content (AvgIpc) is 2.84. The molecule has 2 unspecified atom stereocenters. The Morgan fingerprint density at radius 3 is 2.38 bits per heavy atom. The molecule has 3 aromatic rings. The van der Waals surface area contributed by atoms with Gasteiger partial charge in [0.1, 0.15) is 0 Å². The van der Waals surface area contributed by atoms with Gasteiger partial charge in [0.15, 0.2) is 11.5 Å². The number of carbonyl (C=O) groups is 1. The summed E-state index contributed by atoms with van der Waals surface area (Å²) in [5.74, 6) is 1.39. The van der Waals surface area contributed by atoms with E-state index in [-0.39, 0.29) is 18.0 Å². The van der Waals surface area contributed by atoms with E-state index in [0.717, 1.165) is 30.8 Å². The summed E-state index contributed by atoms with van der Waals surface area (Å²) in [6.45, 7) is 7.97. The smallest absolute Gasteiger partial charge is 0.251 e. The van der Waals surface area contributed by atoms with Gasteiger partial charge in [-0.1, -0.05) is 42.0 Å². The van der Waals surface area contributed by atoms with Crippen LogP contribution in [-0.4, -0.2) is 37.6 Å². The van der Waals surface area contributed by atoms with E-state index in [2.05, 4.69) is 60.5 Å². The van der Waals surface area contributed by atoms with E-state index in [1.165, 1.54) is 22.3 Å². The minimum absolute atomic E-state index is 0.00226. The van der Waals surface area contributed by atoms with Gasteiger partial charge < -0.3 is 14.8 Å². The number of fused-ring (bicyclic) bond motifs is 1. The third kappa shape index (κ3) is 4.95. The summed E-state index contributed by atoms with van der Waals surface area (Å²) in [4.78, 5) is 15.6. The molecule has 1 aliphatic rings. The number of benzene rings is 3. The highest BCUT2D eigenvalue weighted by Crippen LogP contribution is 2.40. The highest BCUT2D eigenvalue weighted by atomic mass is 16.5. The highest BCUT2D eigenvalue weighted by Gasteiger charge is 2.34. The molecule has 4 rings (SSSR count). The van der Waals surface area contributed by atoms with Crippen molar-refractivity contribution >= 4 is 5.91 Å². The quantitative estimate of drug-likeness (QED) is 0.526. The fourth-order valence-electron chi connectivity index (χ4n) is 4.87. The molecule has 1 heterocycles. The molecular weight excluding hydrogens is 424 g/mol. The number of nitrogens with one attached hydrogen (secondary N) is 1. The second-order valence-electron chi connectivity index (χ2n) is 9.13. The van der Waals surface area contributed by atoms with Crippen molar-refractivity contribution in [3.63, 3.8) is 0 Å². The molecule has 0 fully saturated rings. The number of carbonyl (C=O) groups excluding carboxylic acids is 1. The highest BCUT2D eigenvalue weighted by molar-refractivity contribution is 5.94. The molecule has 0 spiro atoms. The molecule has 5 heteroatoms. The first kappa shape index (κ1) is 23.8. The van der Waals surface area contributed by atoms with Crippen molar-refractivity contribution in [1.82, 2.24) is 10.2 Å². The zero-order chi connectivity index (χ0) is 24.2. The minimum Gasteiger partial charge on any atom is -0.493 e. The van der Waals surface area contributed by atoms with Gasteiger partial charge in [0.25, 0.3) is 5.91 Å². The maximum Gasteiger partial charge on any atom is 0.251 e. The van der Waals surface area contributed by atoms with E-state index < -0.39 is 0 Å². The molecule has 5 nitrogen and oxygen atoms in total. The second-order valence-corrected chi connectivity index (χ2v) is 9.13. The van der Waals surface area contributed by atoms with Crippen molar-refractivity contribution in [2.24, 2.45) is 0 Å². The number of rotatable bonds is 7. The van der Waals surface area contributed by atoms with Gasteiger partial charge >= 0.3 is 0 Å². The van der Waals surface area contributed by atoms with Crippen LogP contribution in [0.25, 0.3) is 0 Å². The lowest BCUT2D eigenvalue weighted by Gasteiger charge is -2.41. The maximum absolute atomic E-state index is 13.1. The maximum atomic E-state index is 13.1. The first-order chi connectivity index (χ1) is 16.4. The second kappa shape index (κ2) is 10.3. The Balaban J connectivity index is 1.69. The SMILES string of the molecule is COc1cc2c(cc1OC)C(C(C)NC(=O)c1ccc(C)cc1)N(Cc1ccccc1C)CC2. The number of aryl methyl sites for hydroxylation is 2. The number of ether oxygens (including phenoxy) is 2. The average molecular weight is 459 g/mol. The van der Waals surface area contributed by atoms with Crippen LogP contribution in [0.15, 0.2) is 60.7 Å². The summed E-state index contributed by atoms with van der Waals surface area (Å²) >= 11 is 0. The van der Waals surface area contributed by atoms with E-state index in [1.54, 1.807) is 14.2 Å². The lowest BCUT2D eigenvalue weighted by Crippen LogP contribution is -2.47. The van der Waals surface area contributed by atoms with Crippen LogP contribution < -0.4 is 14.8 Å². The molecule has 0 saturated carbocycles. The molecule has 0 radical (unpaired) electrons. The molecule has 1 aliphatic heterocycles. The lowest BCUT2D eigenvalue weighted by atomic mass is 9.87. The number of nitrogens with zero attached hydrogens (tertiary/aromatic N) is 1. The van der Waals surface area contributed by atoms with E-state index >= 15 is 0 Å². The molecule has 2 atom stereocenters. The largest absolute Gasteiger partial charge is 0.493 e. The molecule has 0 bridgehead atoms. The van der Waals surface area contributed by atoms with Gasteiger partial charge in [-0.3, -0.25) is 9.69 Å². The van der Waals surface area contributed by atoms with Gasteiger partial charge in [-0.2, -0.15) is 0 Å². The Morgan fingerprint density at radius 2 is 1.71 bits per heavy atom. The van der Waals surface area contributed by atoms with Crippen molar-refractivity contribution in [2.45, 2.75) is 45.8 Å². The first-order valence-corrected chi connectivity index (χ1v) is 11.8. The Labute approximate surface area is 202 Å². The molecule has 0 aliphatic carbocycles. The standard InChI is InChI=1S/C29H34N2O3/c1-19-10-12-22(13-11-19)29(32)30-21(3)28-25-17-27(34-5)26(33-4)16-23(25)14-15-31(28)18-24-9-7-6-8-20(24)2/h6-13,16-17,21,28H,14-15,18H2,1-5H3,(H,30,32). The van der Waals surface area contributed by atoms with Crippen molar-refractivity contribution in [3.8, 4) is 11.5 Å². The van der Waals surface area contributed by atoms with Gasteiger partial charge in [-0.15, -0.1) is 0 Å². The van der Waals surface area contributed by atoms with Crippen molar-refractivity contribution in [2.75, 3.05) is 20.8 Å². The van der Waals surface area contributed by atoms with Crippen LogP contribution >= 0.6 is 0 Å². The van der Waals surface area contributed by atoms with Crippen LogP contribution in [-0.2, 0) is 13.0 Å². The van der Waals surface area contributed by atoms with Crippen molar-refractivity contribution in [1.29, 1.82) is 0 Å². The Hall–Kier alpha value is -3.31. The fourth-order valence-corrected chi connectivity index (χ4v) is 4.87.